The van der Waals surface area contributed by atoms with Crippen LogP contribution in [-0.4, -0.2) is 62.7 Å². The van der Waals surface area contributed by atoms with Gasteiger partial charge in [-0.15, -0.1) is 12.4 Å². The molecule has 1 aromatic carbocycles. The Morgan fingerprint density at radius 1 is 1.09 bits per heavy atom. The minimum atomic E-state index is 0. The van der Waals surface area contributed by atoms with Crippen molar-refractivity contribution in [2.75, 3.05) is 46.9 Å². The third-order valence-corrected chi connectivity index (χ3v) is 3.90. The van der Waals surface area contributed by atoms with Gasteiger partial charge in [0.25, 0.3) is 0 Å². The van der Waals surface area contributed by atoms with Crippen molar-refractivity contribution in [3.8, 4) is 11.5 Å². The van der Waals surface area contributed by atoms with Crippen LogP contribution in [0, 0.1) is 0 Å². The predicted molar refractivity (Wildman–Crippen MR) is 92.3 cm³/mol. The molecule has 0 bridgehead atoms. The Labute approximate surface area is 143 Å². The molecule has 23 heavy (non-hydrogen) atoms. The summed E-state index contributed by atoms with van der Waals surface area (Å²) in [5.41, 5.74) is 6.59. The van der Waals surface area contributed by atoms with Gasteiger partial charge in [-0.05, 0) is 17.7 Å². The Kier molecular flexibility index (Phi) is 8.16. The number of piperazine rings is 1. The van der Waals surface area contributed by atoms with Crippen molar-refractivity contribution in [3.63, 3.8) is 0 Å². The largest absolute Gasteiger partial charge is 0.497 e. The average Bonchev–Trinajstić information content (AvgIpc) is 2.55. The molecule has 0 atom stereocenters. The van der Waals surface area contributed by atoms with E-state index in [9.17, 15) is 4.79 Å². The zero-order chi connectivity index (χ0) is 15.9. The fraction of sp³-hybridized carbons (Fsp3) is 0.562. The van der Waals surface area contributed by atoms with Crippen molar-refractivity contribution < 1.29 is 14.3 Å². The second-order valence-electron chi connectivity index (χ2n) is 5.42. The number of halogens is 1. The number of carbonyl (C=O) groups is 1. The molecule has 1 aliphatic rings. The summed E-state index contributed by atoms with van der Waals surface area (Å²) in [4.78, 5) is 16.1. The second kappa shape index (κ2) is 9.60. The van der Waals surface area contributed by atoms with Crippen molar-refractivity contribution in [2.45, 2.75) is 13.0 Å². The molecule has 7 heteroatoms. The fourth-order valence-corrected chi connectivity index (χ4v) is 2.65. The number of hydrogen-bond acceptors (Lipinski definition) is 5. The zero-order valence-corrected chi connectivity index (χ0v) is 14.6. The number of ether oxygens (including phenoxy) is 2. The Hall–Kier alpha value is -1.50. The van der Waals surface area contributed by atoms with E-state index in [2.05, 4.69) is 4.90 Å². The van der Waals surface area contributed by atoms with Crippen molar-refractivity contribution in [3.05, 3.63) is 23.8 Å². The quantitative estimate of drug-likeness (QED) is 0.838. The van der Waals surface area contributed by atoms with Gasteiger partial charge in [0.1, 0.15) is 11.5 Å². The average molecular weight is 344 g/mol. The molecule has 0 saturated carbocycles. The molecule has 1 saturated heterocycles. The zero-order valence-electron chi connectivity index (χ0n) is 13.8. The van der Waals surface area contributed by atoms with Gasteiger partial charge in [-0.3, -0.25) is 9.69 Å². The summed E-state index contributed by atoms with van der Waals surface area (Å²) in [7, 11) is 3.31. The molecule has 2 rings (SSSR count). The molecule has 1 heterocycles. The number of amides is 1. The van der Waals surface area contributed by atoms with Crippen LogP contribution in [0.2, 0.25) is 0 Å². The van der Waals surface area contributed by atoms with Gasteiger partial charge in [0, 0.05) is 51.8 Å². The highest BCUT2D eigenvalue weighted by atomic mass is 35.5. The maximum atomic E-state index is 11.8. The maximum absolute atomic E-state index is 11.8. The van der Waals surface area contributed by atoms with Gasteiger partial charge in [-0.2, -0.15) is 0 Å². The van der Waals surface area contributed by atoms with Crippen LogP contribution >= 0.6 is 12.4 Å². The van der Waals surface area contributed by atoms with E-state index in [4.69, 9.17) is 15.2 Å². The summed E-state index contributed by atoms with van der Waals surface area (Å²) in [5.74, 6) is 1.75. The molecule has 0 aliphatic carbocycles. The van der Waals surface area contributed by atoms with Crippen LogP contribution in [0.3, 0.4) is 0 Å². The molecular weight excluding hydrogens is 318 g/mol. The number of nitrogens with two attached hydrogens (primary N) is 1. The van der Waals surface area contributed by atoms with E-state index >= 15 is 0 Å². The molecule has 1 fully saturated rings. The minimum absolute atomic E-state index is 0. The number of methoxy groups -OCH3 is 2. The molecule has 1 aliphatic heterocycles. The van der Waals surface area contributed by atoms with Crippen molar-refractivity contribution in [1.29, 1.82) is 0 Å². The lowest BCUT2D eigenvalue weighted by atomic mass is 10.1. The number of rotatable bonds is 6. The number of hydrogen-bond donors (Lipinski definition) is 1. The standard InChI is InChI=1S/C16H25N3O3.ClH/c1-21-14-9-13(10-15(11-14)22-2)12-18-5-7-19(8-6-18)16(20)3-4-17;/h9-11H,3-8,12,17H2,1-2H3;1H. The molecule has 0 spiro atoms. The lowest BCUT2D eigenvalue weighted by molar-refractivity contribution is -0.132. The molecule has 130 valence electrons. The van der Waals surface area contributed by atoms with E-state index in [1.165, 1.54) is 0 Å². The third kappa shape index (κ3) is 5.57. The molecule has 1 aromatic rings. The first-order valence-electron chi connectivity index (χ1n) is 7.58. The highest BCUT2D eigenvalue weighted by Gasteiger charge is 2.20. The molecule has 0 aromatic heterocycles. The number of benzene rings is 1. The molecular formula is C16H26ClN3O3. The van der Waals surface area contributed by atoms with Crippen LogP contribution in [-0.2, 0) is 11.3 Å². The number of carbonyl (C=O) groups excluding carboxylic acids is 1. The highest BCUT2D eigenvalue weighted by molar-refractivity contribution is 5.85. The van der Waals surface area contributed by atoms with Crippen LogP contribution in [0.25, 0.3) is 0 Å². The van der Waals surface area contributed by atoms with Crippen LogP contribution in [0.4, 0.5) is 0 Å². The summed E-state index contributed by atoms with van der Waals surface area (Å²) in [6.45, 7) is 4.51. The van der Waals surface area contributed by atoms with Crippen molar-refractivity contribution in [1.82, 2.24) is 9.80 Å². The topological polar surface area (TPSA) is 68.0 Å². The van der Waals surface area contributed by atoms with E-state index in [1.807, 2.05) is 23.1 Å². The van der Waals surface area contributed by atoms with E-state index in [-0.39, 0.29) is 18.3 Å². The summed E-state index contributed by atoms with van der Waals surface area (Å²) >= 11 is 0. The number of nitrogens with zero attached hydrogens (tertiary/aromatic N) is 2. The Bertz CT molecular complexity index is 483. The lowest BCUT2D eigenvalue weighted by Crippen LogP contribution is -2.48. The summed E-state index contributed by atoms with van der Waals surface area (Å²) in [5, 5.41) is 0. The lowest BCUT2D eigenvalue weighted by Gasteiger charge is -2.34. The maximum Gasteiger partial charge on any atom is 0.223 e. The van der Waals surface area contributed by atoms with Gasteiger partial charge in [-0.1, -0.05) is 0 Å². The molecule has 1 amide bonds. The van der Waals surface area contributed by atoms with Gasteiger partial charge in [0.05, 0.1) is 14.2 Å². The summed E-state index contributed by atoms with van der Waals surface area (Å²) in [6, 6.07) is 5.91. The van der Waals surface area contributed by atoms with Gasteiger partial charge in [0.15, 0.2) is 0 Å². The molecule has 2 N–H and O–H groups in total. The predicted octanol–water partition coefficient (Wildman–Crippen LogP) is 1.12. The first kappa shape index (κ1) is 19.5. The van der Waals surface area contributed by atoms with Gasteiger partial charge < -0.3 is 20.1 Å². The van der Waals surface area contributed by atoms with E-state index < -0.39 is 0 Å². The minimum Gasteiger partial charge on any atom is -0.497 e. The Balaban J connectivity index is 0.00000264. The third-order valence-electron chi connectivity index (χ3n) is 3.90. The van der Waals surface area contributed by atoms with Gasteiger partial charge in [-0.25, -0.2) is 0 Å². The van der Waals surface area contributed by atoms with Gasteiger partial charge >= 0.3 is 0 Å². The monoisotopic (exact) mass is 343 g/mol. The fourth-order valence-electron chi connectivity index (χ4n) is 2.65. The van der Waals surface area contributed by atoms with E-state index in [0.29, 0.717) is 13.0 Å². The Morgan fingerprint density at radius 2 is 1.65 bits per heavy atom. The first-order chi connectivity index (χ1) is 10.7. The smallest absolute Gasteiger partial charge is 0.223 e. The molecule has 0 radical (unpaired) electrons. The Morgan fingerprint density at radius 3 is 2.13 bits per heavy atom. The van der Waals surface area contributed by atoms with Crippen molar-refractivity contribution >= 4 is 18.3 Å². The van der Waals surface area contributed by atoms with Crippen LogP contribution in [0.5, 0.6) is 11.5 Å². The van der Waals surface area contributed by atoms with Crippen molar-refractivity contribution in [2.24, 2.45) is 5.73 Å². The highest BCUT2D eigenvalue weighted by Crippen LogP contribution is 2.23. The normalized spacial score (nSPS) is 15.0. The SMILES string of the molecule is COc1cc(CN2CCN(C(=O)CCN)CC2)cc(OC)c1.Cl. The summed E-state index contributed by atoms with van der Waals surface area (Å²) in [6.07, 6.45) is 0.438. The van der Waals surface area contributed by atoms with Crippen LogP contribution in [0.1, 0.15) is 12.0 Å². The van der Waals surface area contributed by atoms with E-state index in [0.717, 1.165) is 49.8 Å². The van der Waals surface area contributed by atoms with E-state index in [1.54, 1.807) is 14.2 Å². The summed E-state index contributed by atoms with van der Waals surface area (Å²) < 4.78 is 10.6. The van der Waals surface area contributed by atoms with Crippen LogP contribution < -0.4 is 15.2 Å². The van der Waals surface area contributed by atoms with Gasteiger partial charge in [0.2, 0.25) is 5.91 Å². The molecule has 6 nitrogen and oxygen atoms in total. The second-order valence-corrected chi connectivity index (χ2v) is 5.42. The molecule has 0 unspecified atom stereocenters. The van der Waals surface area contributed by atoms with Crippen LogP contribution in [0.15, 0.2) is 18.2 Å². The first-order valence-corrected chi connectivity index (χ1v) is 7.58.